The van der Waals surface area contributed by atoms with E-state index >= 15 is 0 Å². The van der Waals surface area contributed by atoms with E-state index in [1.54, 1.807) is 28.8 Å². The van der Waals surface area contributed by atoms with E-state index in [0.717, 1.165) is 6.26 Å². The SMILES string of the molecule is CS(=O)(=O)Cc1nc2ccccc2n1CC(=O)N1CCC[C@H]1C(=O)O. The van der Waals surface area contributed by atoms with Crippen molar-refractivity contribution in [2.24, 2.45) is 0 Å². The Bertz CT molecular complexity index is 934. The molecule has 25 heavy (non-hydrogen) atoms. The van der Waals surface area contributed by atoms with Crippen molar-refractivity contribution >= 4 is 32.7 Å². The first-order valence-corrected chi connectivity index (χ1v) is 9.96. The van der Waals surface area contributed by atoms with E-state index in [4.69, 9.17) is 0 Å². The molecule has 9 heteroatoms. The molecule has 1 fully saturated rings. The molecular weight excluding hydrogens is 346 g/mol. The molecule has 1 aliphatic heterocycles. The first kappa shape index (κ1) is 17.4. The predicted molar refractivity (Wildman–Crippen MR) is 90.7 cm³/mol. The summed E-state index contributed by atoms with van der Waals surface area (Å²) >= 11 is 0. The summed E-state index contributed by atoms with van der Waals surface area (Å²) in [7, 11) is -3.33. The third-order valence-corrected chi connectivity index (χ3v) is 5.06. The number of aromatic nitrogens is 2. The van der Waals surface area contributed by atoms with Crippen molar-refractivity contribution in [3.8, 4) is 0 Å². The van der Waals surface area contributed by atoms with Crippen molar-refractivity contribution in [2.45, 2.75) is 31.2 Å². The molecule has 1 N–H and O–H groups in total. The van der Waals surface area contributed by atoms with Crippen LogP contribution in [0, 0.1) is 0 Å². The van der Waals surface area contributed by atoms with Gasteiger partial charge in [0.1, 0.15) is 24.2 Å². The van der Waals surface area contributed by atoms with Gasteiger partial charge in [0.25, 0.3) is 0 Å². The number of rotatable bonds is 5. The van der Waals surface area contributed by atoms with Crippen LogP contribution in [0.1, 0.15) is 18.7 Å². The van der Waals surface area contributed by atoms with Crippen LogP contribution in [0.25, 0.3) is 11.0 Å². The topological polar surface area (TPSA) is 110 Å². The number of hydrogen-bond acceptors (Lipinski definition) is 5. The number of para-hydroxylation sites is 2. The summed E-state index contributed by atoms with van der Waals surface area (Å²) in [6.45, 7) is 0.263. The van der Waals surface area contributed by atoms with Gasteiger partial charge in [-0.3, -0.25) is 4.79 Å². The number of sulfone groups is 1. The number of amides is 1. The highest BCUT2D eigenvalue weighted by molar-refractivity contribution is 7.89. The number of nitrogens with zero attached hydrogens (tertiary/aromatic N) is 3. The predicted octanol–water partition coefficient (Wildman–Crippen LogP) is 0.656. The Kier molecular flexibility index (Phi) is 4.51. The van der Waals surface area contributed by atoms with Gasteiger partial charge < -0.3 is 14.6 Å². The fourth-order valence-electron chi connectivity index (χ4n) is 3.19. The highest BCUT2D eigenvalue weighted by Gasteiger charge is 2.34. The number of imidazole rings is 1. The van der Waals surface area contributed by atoms with Crippen molar-refractivity contribution < 1.29 is 23.1 Å². The van der Waals surface area contributed by atoms with Crippen molar-refractivity contribution in [1.82, 2.24) is 14.5 Å². The van der Waals surface area contributed by atoms with Gasteiger partial charge in [0, 0.05) is 12.8 Å². The van der Waals surface area contributed by atoms with Crippen LogP contribution >= 0.6 is 0 Å². The molecule has 1 atom stereocenters. The second-order valence-corrected chi connectivity index (χ2v) is 8.40. The van der Waals surface area contributed by atoms with Crippen LogP contribution in [-0.2, 0) is 31.7 Å². The molecule has 0 unspecified atom stereocenters. The molecular formula is C16H19N3O5S. The molecule has 1 aromatic carbocycles. The van der Waals surface area contributed by atoms with E-state index < -0.39 is 21.8 Å². The van der Waals surface area contributed by atoms with Gasteiger partial charge in [-0.1, -0.05) is 12.1 Å². The van der Waals surface area contributed by atoms with Crippen molar-refractivity contribution in [3.63, 3.8) is 0 Å². The molecule has 0 saturated carbocycles. The highest BCUT2D eigenvalue weighted by Crippen LogP contribution is 2.21. The molecule has 2 aromatic rings. The normalized spacial score (nSPS) is 18.0. The maximum absolute atomic E-state index is 12.7. The van der Waals surface area contributed by atoms with Crippen LogP contribution < -0.4 is 0 Å². The summed E-state index contributed by atoms with van der Waals surface area (Å²) in [5, 5.41) is 9.25. The van der Waals surface area contributed by atoms with Gasteiger partial charge in [-0.15, -0.1) is 0 Å². The summed E-state index contributed by atoms with van der Waals surface area (Å²) < 4.78 is 24.9. The molecule has 0 spiro atoms. The molecule has 1 amide bonds. The maximum atomic E-state index is 12.7. The zero-order chi connectivity index (χ0) is 18.2. The van der Waals surface area contributed by atoms with Crippen LogP contribution in [-0.4, -0.2) is 58.7 Å². The third-order valence-electron chi connectivity index (χ3n) is 4.28. The summed E-state index contributed by atoms with van der Waals surface area (Å²) in [6.07, 6.45) is 2.19. The van der Waals surface area contributed by atoms with Gasteiger partial charge in [0.15, 0.2) is 9.84 Å². The number of fused-ring (bicyclic) bond motifs is 1. The number of likely N-dealkylation sites (tertiary alicyclic amines) is 1. The average Bonchev–Trinajstić information content (AvgIpc) is 3.11. The first-order valence-electron chi connectivity index (χ1n) is 7.90. The Balaban J connectivity index is 1.95. The monoisotopic (exact) mass is 365 g/mol. The van der Waals surface area contributed by atoms with E-state index in [2.05, 4.69) is 4.98 Å². The van der Waals surface area contributed by atoms with Gasteiger partial charge >= 0.3 is 5.97 Å². The van der Waals surface area contributed by atoms with Crippen molar-refractivity contribution in [2.75, 3.05) is 12.8 Å². The lowest BCUT2D eigenvalue weighted by atomic mass is 10.2. The molecule has 0 radical (unpaired) electrons. The maximum Gasteiger partial charge on any atom is 0.326 e. The Hall–Kier alpha value is -2.42. The number of carboxylic acid groups (broad SMARTS) is 1. The second kappa shape index (κ2) is 6.47. The highest BCUT2D eigenvalue weighted by atomic mass is 32.2. The standard InChI is InChI=1S/C16H19N3O5S/c1-25(23,24)10-14-17-11-5-2-3-6-12(11)19(14)9-15(20)18-8-4-7-13(18)16(21)22/h2-3,5-6,13H,4,7-10H2,1H3,(H,21,22)/t13-/m0/s1. The third kappa shape index (κ3) is 3.65. The summed E-state index contributed by atoms with van der Waals surface area (Å²) in [5.41, 5.74) is 1.26. The van der Waals surface area contributed by atoms with E-state index in [-0.39, 0.29) is 24.0 Å². The van der Waals surface area contributed by atoms with Crippen molar-refractivity contribution in [1.29, 1.82) is 0 Å². The number of carbonyl (C=O) groups is 2. The summed E-state index contributed by atoms with van der Waals surface area (Å²) in [5.74, 6) is -1.36. The minimum atomic E-state index is -3.33. The minimum absolute atomic E-state index is 0.130. The molecule has 0 bridgehead atoms. The van der Waals surface area contributed by atoms with E-state index in [0.29, 0.717) is 30.4 Å². The molecule has 0 aliphatic carbocycles. The van der Waals surface area contributed by atoms with E-state index in [9.17, 15) is 23.1 Å². The molecule has 3 rings (SSSR count). The summed E-state index contributed by atoms with van der Waals surface area (Å²) in [4.78, 5) is 29.6. The molecule has 134 valence electrons. The van der Waals surface area contributed by atoms with Crippen LogP contribution in [0.5, 0.6) is 0 Å². The number of aliphatic carboxylic acids is 1. The van der Waals surface area contributed by atoms with E-state index in [1.807, 2.05) is 0 Å². The van der Waals surface area contributed by atoms with Crippen LogP contribution in [0.3, 0.4) is 0 Å². The number of benzene rings is 1. The first-order chi connectivity index (χ1) is 11.8. The second-order valence-electron chi connectivity index (χ2n) is 6.26. The fourth-order valence-corrected chi connectivity index (χ4v) is 3.88. The number of carbonyl (C=O) groups excluding carboxylic acids is 1. The van der Waals surface area contributed by atoms with E-state index in [1.165, 1.54) is 4.90 Å². The zero-order valence-corrected chi connectivity index (χ0v) is 14.6. The Labute approximate surface area is 145 Å². The molecule has 1 aliphatic rings. The molecule has 2 heterocycles. The van der Waals surface area contributed by atoms with Gasteiger partial charge in [0.2, 0.25) is 5.91 Å². The van der Waals surface area contributed by atoms with Gasteiger partial charge in [-0.25, -0.2) is 18.2 Å². The lowest BCUT2D eigenvalue weighted by molar-refractivity contribution is -0.148. The molecule has 1 saturated heterocycles. The lowest BCUT2D eigenvalue weighted by Crippen LogP contribution is -2.42. The van der Waals surface area contributed by atoms with Gasteiger partial charge in [-0.2, -0.15) is 0 Å². The minimum Gasteiger partial charge on any atom is -0.480 e. The smallest absolute Gasteiger partial charge is 0.326 e. The number of carboxylic acids is 1. The summed E-state index contributed by atoms with van der Waals surface area (Å²) in [6, 6.07) is 6.26. The zero-order valence-electron chi connectivity index (χ0n) is 13.8. The Morgan fingerprint density at radius 3 is 2.72 bits per heavy atom. The Morgan fingerprint density at radius 1 is 1.32 bits per heavy atom. The lowest BCUT2D eigenvalue weighted by Gasteiger charge is -2.22. The Morgan fingerprint density at radius 2 is 2.04 bits per heavy atom. The van der Waals surface area contributed by atoms with Gasteiger partial charge in [0.05, 0.1) is 11.0 Å². The molecule has 8 nitrogen and oxygen atoms in total. The van der Waals surface area contributed by atoms with Crippen molar-refractivity contribution in [3.05, 3.63) is 30.1 Å². The average molecular weight is 365 g/mol. The largest absolute Gasteiger partial charge is 0.480 e. The quantitative estimate of drug-likeness (QED) is 0.833. The van der Waals surface area contributed by atoms with Gasteiger partial charge in [-0.05, 0) is 25.0 Å². The molecule has 1 aromatic heterocycles. The fraction of sp³-hybridized carbons (Fsp3) is 0.438. The number of hydrogen-bond donors (Lipinski definition) is 1. The van der Waals surface area contributed by atoms with Crippen LogP contribution in [0.4, 0.5) is 0 Å². The van der Waals surface area contributed by atoms with Crippen LogP contribution in [0.2, 0.25) is 0 Å². The van der Waals surface area contributed by atoms with Crippen LogP contribution in [0.15, 0.2) is 24.3 Å².